The molecule has 0 saturated carbocycles. The van der Waals surface area contributed by atoms with Gasteiger partial charge in [-0.25, -0.2) is 4.98 Å². The Kier molecular flexibility index (Phi) is 5.45. The van der Waals surface area contributed by atoms with Gasteiger partial charge in [0.2, 0.25) is 5.13 Å². The molecule has 0 saturated heterocycles. The average molecular weight is 385 g/mol. The molecule has 0 aliphatic rings. The minimum atomic E-state index is 0.756. The van der Waals surface area contributed by atoms with E-state index in [0.29, 0.717) is 0 Å². The fourth-order valence-electron chi connectivity index (χ4n) is 2.88. The zero-order valence-corrected chi connectivity index (χ0v) is 16.2. The number of methoxy groups -OCH3 is 1. The van der Waals surface area contributed by atoms with Gasteiger partial charge in [0.25, 0.3) is 0 Å². The summed E-state index contributed by atoms with van der Waals surface area (Å²) in [6.07, 6.45) is 1.79. The number of hydrazone groups is 1. The number of benzene rings is 3. The second-order valence-electron chi connectivity index (χ2n) is 6.10. The minimum absolute atomic E-state index is 0.756. The molecular formula is C23H19N3OS. The molecular weight excluding hydrogens is 366 g/mol. The van der Waals surface area contributed by atoms with Gasteiger partial charge in [-0.15, -0.1) is 11.3 Å². The number of ether oxygens (including phenoxy) is 1. The summed E-state index contributed by atoms with van der Waals surface area (Å²) in [7, 11) is 1.68. The number of thiazole rings is 1. The summed E-state index contributed by atoms with van der Waals surface area (Å²) >= 11 is 1.53. The van der Waals surface area contributed by atoms with Crippen LogP contribution >= 0.6 is 11.3 Å². The average Bonchev–Trinajstić information content (AvgIpc) is 3.24. The Hall–Kier alpha value is -3.44. The smallest absolute Gasteiger partial charge is 0.203 e. The van der Waals surface area contributed by atoms with Crippen LogP contribution in [0.4, 0.5) is 5.13 Å². The highest BCUT2D eigenvalue weighted by Crippen LogP contribution is 2.30. The lowest BCUT2D eigenvalue weighted by molar-refractivity contribution is 0.416. The number of rotatable bonds is 6. The van der Waals surface area contributed by atoms with E-state index in [4.69, 9.17) is 4.74 Å². The van der Waals surface area contributed by atoms with E-state index in [9.17, 15) is 0 Å². The molecule has 4 aromatic rings. The van der Waals surface area contributed by atoms with E-state index in [1.165, 1.54) is 11.3 Å². The third kappa shape index (κ3) is 4.10. The second kappa shape index (κ2) is 8.50. The van der Waals surface area contributed by atoms with Crippen molar-refractivity contribution in [2.24, 2.45) is 5.10 Å². The third-order valence-electron chi connectivity index (χ3n) is 4.26. The summed E-state index contributed by atoms with van der Waals surface area (Å²) in [6.45, 7) is 0. The first-order chi connectivity index (χ1) is 13.8. The molecule has 138 valence electrons. The van der Waals surface area contributed by atoms with Gasteiger partial charge >= 0.3 is 0 Å². The van der Waals surface area contributed by atoms with Crippen molar-refractivity contribution >= 4 is 22.7 Å². The standard InChI is InChI=1S/C23H19N3OS/c1-27-22-13-12-17(14-20(22)18-8-4-2-5-9-18)15-24-26-23-25-21(16-28-23)19-10-6-3-7-11-19/h2-16H,1H3,(H,25,26). The Morgan fingerprint density at radius 1 is 0.929 bits per heavy atom. The zero-order chi connectivity index (χ0) is 19.2. The molecule has 1 heterocycles. The van der Waals surface area contributed by atoms with E-state index in [1.807, 2.05) is 66.0 Å². The van der Waals surface area contributed by atoms with Crippen molar-refractivity contribution in [3.8, 4) is 28.1 Å². The molecule has 0 bridgehead atoms. The first-order valence-electron chi connectivity index (χ1n) is 8.87. The molecule has 1 N–H and O–H groups in total. The van der Waals surface area contributed by atoms with Gasteiger partial charge in [-0.1, -0.05) is 60.7 Å². The van der Waals surface area contributed by atoms with E-state index in [1.54, 1.807) is 13.3 Å². The van der Waals surface area contributed by atoms with E-state index in [0.717, 1.165) is 38.8 Å². The first kappa shape index (κ1) is 17.9. The van der Waals surface area contributed by atoms with Crippen LogP contribution in [0.25, 0.3) is 22.4 Å². The van der Waals surface area contributed by atoms with Crippen LogP contribution in [0, 0.1) is 0 Å². The minimum Gasteiger partial charge on any atom is -0.496 e. The van der Waals surface area contributed by atoms with E-state index >= 15 is 0 Å². The molecule has 1 aromatic heterocycles. The largest absolute Gasteiger partial charge is 0.496 e. The van der Waals surface area contributed by atoms with Crippen LogP contribution < -0.4 is 10.2 Å². The SMILES string of the molecule is COc1ccc(C=NNc2nc(-c3ccccc3)cs2)cc1-c1ccccc1. The van der Waals surface area contributed by atoms with E-state index < -0.39 is 0 Å². The topological polar surface area (TPSA) is 46.5 Å². The normalized spacial score (nSPS) is 10.9. The third-order valence-corrected chi connectivity index (χ3v) is 5.00. The van der Waals surface area contributed by atoms with Crippen molar-refractivity contribution in [2.45, 2.75) is 0 Å². The predicted octanol–water partition coefficient (Wildman–Crippen LogP) is 5.93. The van der Waals surface area contributed by atoms with Crippen LogP contribution in [0.15, 0.2) is 89.3 Å². The molecule has 28 heavy (non-hydrogen) atoms. The summed E-state index contributed by atoms with van der Waals surface area (Å²) in [6, 6.07) is 26.3. The molecule has 0 amide bonds. The van der Waals surface area contributed by atoms with Gasteiger partial charge in [-0.3, -0.25) is 5.43 Å². The van der Waals surface area contributed by atoms with Crippen molar-refractivity contribution in [3.63, 3.8) is 0 Å². The summed E-state index contributed by atoms with van der Waals surface area (Å²) in [4.78, 5) is 4.58. The number of hydrogen-bond acceptors (Lipinski definition) is 5. The van der Waals surface area contributed by atoms with Crippen LogP contribution in [-0.4, -0.2) is 18.3 Å². The molecule has 0 spiro atoms. The van der Waals surface area contributed by atoms with Gasteiger partial charge < -0.3 is 4.74 Å². The van der Waals surface area contributed by atoms with Crippen LogP contribution in [0.3, 0.4) is 0 Å². The molecule has 4 nitrogen and oxygen atoms in total. The maximum atomic E-state index is 5.50. The molecule has 0 aliphatic heterocycles. The lowest BCUT2D eigenvalue weighted by Gasteiger charge is -2.09. The molecule has 0 unspecified atom stereocenters. The second-order valence-corrected chi connectivity index (χ2v) is 6.96. The fraction of sp³-hybridized carbons (Fsp3) is 0.0435. The van der Waals surface area contributed by atoms with Crippen molar-refractivity contribution in [2.75, 3.05) is 12.5 Å². The molecule has 5 heteroatoms. The highest BCUT2D eigenvalue weighted by atomic mass is 32.1. The molecule has 0 atom stereocenters. The molecule has 3 aromatic carbocycles. The van der Waals surface area contributed by atoms with Crippen molar-refractivity contribution < 1.29 is 4.74 Å². The van der Waals surface area contributed by atoms with E-state index in [2.05, 4.69) is 33.7 Å². The molecule has 4 rings (SSSR count). The summed E-state index contributed by atoms with van der Waals surface area (Å²) in [5, 5.41) is 7.12. The number of anilines is 1. The number of nitrogens with one attached hydrogen (secondary N) is 1. The Balaban J connectivity index is 1.50. The van der Waals surface area contributed by atoms with Crippen LogP contribution in [0.2, 0.25) is 0 Å². The maximum absolute atomic E-state index is 5.50. The van der Waals surface area contributed by atoms with Crippen molar-refractivity contribution in [1.29, 1.82) is 0 Å². The molecule has 0 aliphatic carbocycles. The zero-order valence-electron chi connectivity index (χ0n) is 15.4. The lowest BCUT2D eigenvalue weighted by atomic mass is 10.0. The summed E-state index contributed by atoms with van der Waals surface area (Å²) in [5.41, 5.74) is 8.18. The molecule has 0 radical (unpaired) electrons. The maximum Gasteiger partial charge on any atom is 0.203 e. The van der Waals surface area contributed by atoms with Crippen LogP contribution in [0.1, 0.15) is 5.56 Å². The Bertz CT molecular complexity index is 1080. The Morgan fingerprint density at radius 3 is 2.36 bits per heavy atom. The fourth-order valence-corrected chi connectivity index (χ4v) is 3.55. The highest BCUT2D eigenvalue weighted by Gasteiger charge is 2.06. The van der Waals surface area contributed by atoms with E-state index in [-0.39, 0.29) is 0 Å². The van der Waals surface area contributed by atoms with Gasteiger partial charge in [0.05, 0.1) is 19.0 Å². The number of hydrogen-bond donors (Lipinski definition) is 1. The Morgan fingerprint density at radius 2 is 1.64 bits per heavy atom. The first-order valence-corrected chi connectivity index (χ1v) is 9.75. The monoisotopic (exact) mass is 385 g/mol. The summed E-state index contributed by atoms with van der Waals surface area (Å²) < 4.78 is 5.50. The number of aromatic nitrogens is 1. The van der Waals surface area contributed by atoms with Gasteiger partial charge in [0.15, 0.2) is 0 Å². The van der Waals surface area contributed by atoms with Gasteiger partial charge in [0.1, 0.15) is 5.75 Å². The van der Waals surface area contributed by atoms with Crippen molar-refractivity contribution in [3.05, 3.63) is 89.8 Å². The highest BCUT2D eigenvalue weighted by molar-refractivity contribution is 7.14. The summed E-state index contributed by atoms with van der Waals surface area (Å²) in [5.74, 6) is 0.837. The van der Waals surface area contributed by atoms with Crippen LogP contribution in [-0.2, 0) is 0 Å². The van der Waals surface area contributed by atoms with Gasteiger partial charge in [0, 0.05) is 16.5 Å². The van der Waals surface area contributed by atoms with Crippen LogP contribution in [0.5, 0.6) is 5.75 Å². The Labute approximate surface area is 168 Å². The molecule has 0 fully saturated rings. The van der Waals surface area contributed by atoms with Crippen molar-refractivity contribution in [1.82, 2.24) is 4.98 Å². The van der Waals surface area contributed by atoms with Gasteiger partial charge in [-0.05, 0) is 29.3 Å². The number of nitrogens with zero attached hydrogens (tertiary/aromatic N) is 2. The predicted molar refractivity (Wildman–Crippen MR) is 117 cm³/mol. The van der Waals surface area contributed by atoms with Gasteiger partial charge in [-0.2, -0.15) is 5.10 Å². The quantitative estimate of drug-likeness (QED) is 0.330. The lowest BCUT2D eigenvalue weighted by Crippen LogP contribution is -1.93.